The molecular formula is C28H20BrN3O3S. The van der Waals surface area contributed by atoms with E-state index in [-0.39, 0.29) is 11.0 Å². The number of hydrogen-bond donors (Lipinski definition) is 2. The van der Waals surface area contributed by atoms with Crippen LogP contribution in [-0.4, -0.2) is 23.1 Å². The lowest BCUT2D eigenvalue weighted by Crippen LogP contribution is -2.34. The van der Waals surface area contributed by atoms with Crippen LogP contribution in [0.2, 0.25) is 0 Å². The Kier molecular flexibility index (Phi) is 6.79. The van der Waals surface area contributed by atoms with Crippen LogP contribution in [0.15, 0.2) is 99.9 Å². The van der Waals surface area contributed by atoms with Crippen molar-refractivity contribution in [2.24, 2.45) is 0 Å². The molecule has 0 saturated heterocycles. The molecule has 2 N–H and O–H groups in total. The Morgan fingerprint density at radius 3 is 2.36 bits per heavy atom. The zero-order valence-corrected chi connectivity index (χ0v) is 21.5. The molecule has 0 spiro atoms. The number of hydrogen-bond acceptors (Lipinski definition) is 5. The molecule has 1 heterocycles. The van der Waals surface area contributed by atoms with Gasteiger partial charge in [0.25, 0.3) is 5.91 Å². The first-order chi connectivity index (χ1) is 17.5. The Hall–Kier alpha value is -4.01. The van der Waals surface area contributed by atoms with E-state index < -0.39 is 0 Å². The number of oxazole rings is 1. The van der Waals surface area contributed by atoms with Crippen LogP contribution in [0.3, 0.4) is 0 Å². The van der Waals surface area contributed by atoms with Crippen LogP contribution < -0.4 is 15.4 Å². The maximum Gasteiger partial charge on any atom is 0.257 e. The van der Waals surface area contributed by atoms with Crippen LogP contribution in [-0.2, 0) is 0 Å². The number of aromatic nitrogens is 1. The molecule has 1 aromatic heterocycles. The number of halogens is 1. The maximum absolute atomic E-state index is 12.6. The van der Waals surface area contributed by atoms with Gasteiger partial charge in [-0.2, -0.15) is 0 Å². The van der Waals surface area contributed by atoms with Gasteiger partial charge in [-0.15, -0.1) is 0 Å². The molecule has 0 aliphatic rings. The molecule has 5 aromatic rings. The lowest BCUT2D eigenvalue weighted by Gasteiger charge is -2.10. The number of nitrogens with one attached hydrogen (secondary N) is 2. The summed E-state index contributed by atoms with van der Waals surface area (Å²) >= 11 is 8.71. The molecule has 36 heavy (non-hydrogen) atoms. The lowest BCUT2D eigenvalue weighted by molar-refractivity contribution is 0.0977. The number of anilines is 1. The number of fused-ring (bicyclic) bond motifs is 1. The Balaban J connectivity index is 1.28. The second kappa shape index (κ2) is 10.3. The van der Waals surface area contributed by atoms with Gasteiger partial charge in [0.15, 0.2) is 10.7 Å². The van der Waals surface area contributed by atoms with E-state index in [1.807, 2.05) is 48.5 Å². The molecule has 0 unspecified atom stereocenters. The summed E-state index contributed by atoms with van der Waals surface area (Å²) in [5.74, 6) is 0.835. The molecule has 6 nitrogen and oxygen atoms in total. The summed E-state index contributed by atoms with van der Waals surface area (Å²) in [4.78, 5) is 17.2. The summed E-state index contributed by atoms with van der Waals surface area (Å²) in [5.41, 5.74) is 5.62. The molecule has 178 valence electrons. The number of carbonyl (C=O) groups excluding carboxylic acids is 1. The van der Waals surface area contributed by atoms with Crippen molar-refractivity contribution < 1.29 is 13.9 Å². The number of benzene rings is 4. The Morgan fingerprint density at radius 2 is 1.64 bits per heavy atom. The number of methoxy groups -OCH3 is 1. The van der Waals surface area contributed by atoms with Crippen LogP contribution >= 0.6 is 28.1 Å². The number of amides is 1. The minimum Gasteiger partial charge on any atom is -0.496 e. The topological polar surface area (TPSA) is 76.4 Å². The van der Waals surface area contributed by atoms with Gasteiger partial charge in [0, 0.05) is 16.8 Å². The third-order valence-corrected chi connectivity index (χ3v) is 6.35. The molecule has 0 aliphatic heterocycles. The van der Waals surface area contributed by atoms with E-state index in [0.717, 1.165) is 16.7 Å². The van der Waals surface area contributed by atoms with Crippen molar-refractivity contribution in [1.82, 2.24) is 10.3 Å². The quantitative estimate of drug-likeness (QED) is 0.225. The maximum atomic E-state index is 12.6. The monoisotopic (exact) mass is 557 g/mol. The summed E-state index contributed by atoms with van der Waals surface area (Å²) in [6.07, 6.45) is 0. The minimum absolute atomic E-state index is 0.173. The Bertz CT molecular complexity index is 1570. The lowest BCUT2D eigenvalue weighted by atomic mass is 10.0. The molecule has 0 aliphatic carbocycles. The van der Waals surface area contributed by atoms with Crippen LogP contribution in [0, 0.1) is 0 Å². The van der Waals surface area contributed by atoms with Gasteiger partial charge in [-0.25, -0.2) is 4.98 Å². The van der Waals surface area contributed by atoms with Crippen molar-refractivity contribution in [1.29, 1.82) is 0 Å². The number of thiocarbonyl (C=S) groups is 1. The molecule has 0 atom stereocenters. The van der Waals surface area contributed by atoms with Gasteiger partial charge in [0.05, 0.1) is 11.6 Å². The Labute approximate surface area is 221 Å². The van der Waals surface area contributed by atoms with E-state index >= 15 is 0 Å². The van der Waals surface area contributed by atoms with E-state index in [2.05, 4.69) is 55.8 Å². The highest BCUT2D eigenvalue weighted by Gasteiger charge is 2.13. The number of nitrogens with zero attached hydrogens (tertiary/aromatic N) is 1. The standard InChI is InChI=1S/C28H20BrN3O3S/c1-34-24-13-11-20(15-22(24)29)26(33)32-28(36)30-21-12-14-25-23(16-21)31-27(35-25)19-9-7-18(8-10-19)17-5-3-2-4-6-17/h2-16H,1H3,(H2,30,32,33,36). The first kappa shape index (κ1) is 23.7. The SMILES string of the molecule is COc1ccc(C(=O)NC(=S)Nc2ccc3oc(-c4ccc(-c5ccccc5)cc4)nc3c2)cc1Br. The third-order valence-electron chi connectivity index (χ3n) is 5.53. The van der Waals surface area contributed by atoms with Crippen LogP contribution in [0.5, 0.6) is 5.75 Å². The fourth-order valence-corrected chi connectivity index (χ4v) is 4.46. The first-order valence-corrected chi connectivity index (χ1v) is 12.2. The molecular weight excluding hydrogens is 538 g/mol. The fraction of sp³-hybridized carbons (Fsp3) is 0.0357. The molecule has 0 radical (unpaired) electrons. The van der Waals surface area contributed by atoms with E-state index in [9.17, 15) is 4.79 Å². The van der Waals surface area contributed by atoms with Crippen LogP contribution in [0.25, 0.3) is 33.7 Å². The molecule has 4 aromatic carbocycles. The molecule has 0 saturated carbocycles. The third kappa shape index (κ3) is 5.15. The summed E-state index contributed by atoms with van der Waals surface area (Å²) < 4.78 is 11.8. The van der Waals surface area contributed by atoms with Gasteiger partial charge in [0.1, 0.15) is 11.3 Å². The van der Waals surface area contributed by atoms with Crippen molar-refractivity contribution in [3.05, 3.63) is 101 Å². The first-order valence-electron chi connectivity index (χ1n) is 11.0. The van der Waals surface area contributed by atoms with Gasteiger partial charge in [-0.1, -0.05) is 42.5 Å². The predicted molar refractivity (Wildman–Crippen MR) is 149 cm³/mol. The second-order valence-electron chi connectivity index (χ2n) is 7.90. The number of carbonyl (C=O) groups is 1. The minimum atomic E-state index is -0.334. The van der Waals surface area contributed by atoms with Gasteiger partial charge in [-0.05, 0) is 87.8 Å². The van der Waals surface area contributed by atoms with Crippen LogP contribution in [0.4, 0.5) is 5.69 Å². The number of ether oxygens (including phenoxy) is 1. The van der Waals surface area contributed by atoms with Crippen molar-refractivity contribution in [3.8, 4) is 28.3 Å². The molecule has 0 bridgehead atoms. The van der Waals surface area contributed by atoms with E-state index in [1.165, 1.54) is 0 Å². The average molecular weight is 558 g/mol. The molecule has 8 heteroatoms. The highest BCUT2D eigenvalue weighted by Crippen LogP contribution is 2.29. The molecule has 5 rings (SSSR count). The van der Waals surface area contributed by atoms with Crippen molar-refractivity contribution in [2.75, 3.05) is 12.4 Å². The van der Waals surface area contributed by atoms with E-state index in [0.29, 0.717) is 38.5 Å². The summed E-state index contributed by atoms with van der Waals surface area (Å²) in [6, 6.07) is 28.8. The van der Waals surface area contributed by atoms with Gasteiger partial charge < -0.3 is 14.5 Å². The average Bonchev–Trinajstić information content (AvgIpc) is 3.32. The molecule has 0 fully saturated rings. The van der Waals surface area contributed by atoms with Gasteiger partial charge >= 0.3 is 0 Å². The van der Waals surface area contributed by atoms with E-state index in [4.69, 9.17) is 21.4 Å². The highest BCUT2D eigenvalue weighted by atomic mass is 79.9. The summed E-state index contributed by atoms with van der Waals surface area (Å²) in [6.45, 7) is 0. The van der Waals surface area contributed by atoms with Crippen molar-refractivity contribution in [2.45, 2.75) is 0 Å². The van der Waals surface area contributed by atoms with E-state index in [1.54, 1.807) is 25.3 Å². The zero-order chi connectivity index (χ0) is 25.1. The van der Waals surface area contributed by atoms with Crippen LogP contribution in [0.1, 0.15) is 10.4 Å². The van der Waals surface area contributed by atoms with Gasteiger partial charge in [0.2, 0.25) is 5.89 Å². The normalized spacial score (nSPS) is 10.7. The molecule has 1 amide bonds. The highest BCUT2D eigenvalue weighted by molar-refractivity contribution is 9.10. The zero-order valence-electron chi connectivity index (χ0n) is 19.1. The summed E-state index contributed by atoms with van der Waals surface area (Å²) in [7, 11) is 1.56. The largest absolute Gasteiger partial charge is 0.496 e. The Morgan fingerprint density at radius 1 is 0.917 bits per heavy atom. The smallest absolute Gasteiger partial charge is 0.257 e. The second-order valence-corrected chi connectivity index (χ2v) is 9.17. The van der Waals surface area contributed by atoms with Gasteiger partial charge in [-0.3, -0.25) is 10.1 Å². The number of rotatable bonds is 5. The predicted octanol–water partition coefficient (Wildman–Crippen LogP) is 7.06. The summed E-state index contributed by atoms with van der Waals surface area (Å²) in [5, 5.41) is 5.88. The van der Waals surface area contributed by atoms with Crippen molar-refractivity contribution in [3.63, 3.8) is 0 Å². The fourth-order valence-electron chi connectivity index (χ4n) is 3.71. The van der Waals surface area contributed by atoms with Crippen molar-refractivity contribution >= 4 is 56.0 Å².